The van der Waals surface area contributed by atoms with Gasteiger partial charge in [-0.3, -0.25) is 0 Å². The number of rotatable bonds is 2. The molecule has 0 amide bonds. The highest BCUT2D eigenvalue weighted by Crippen LogP contribution is 2.34. The van der Waals surface area contributed by atoms with Gasteiger partial charge in [-0.25, -0.2) is 13.6 Å². The van der Waals surface area contributed by atoms with Crippen LogP contribution >= 0.6 is 22.9 Å². The molecule has 0 aliphatic heterocycles. The minimum absolute atomic E-state index is 0.119. The Morgan fingerprint density at radius 1 is 1.12 bits per heavy atom. The topological polar surface area (TPSA) is 60.2 Å². The summed E-state index contributed by atoms with van der Waals surface area (Å²) in [6, 6.07) is 10.1. The molecule has 1 aromatic heterocycles. The van der Waals surface area contributed by atoms with E-state index in [2.05, 4.69) is 0 Å². The summed E-state index contributed by atoms with van der Waals surface area (Å²) in [5.74, 6) is 0. The minimum Gasteiger partial charge on any atom is -0.225 e. The maximum Gasteiger partial charge on any atom is 0.238 e. The van der Waals surface area contributed by atoms with Crippen molar-refractivity contribution >= 4 is 33.0 Å². The molecule has 0 saturated heterocycles. The number of thiophene rings is 1. The van der Waals surface area contributed by atoms with Gasteiger partial charge in [-0.1, -0.05) is 29.8 Å². The van der Waals surface area contributed by atoms with Crippen molar-refractivity contribution in [2.75, 3.05) is 0 Å². The van der Waals surface area contributed by atoms with E-state index in [4.69, 9.17) is 16.7 Å². The van der Waals surface area contributed by atoms with E-state index in [1.165, 1.54) is 17.4 Å². The van der Waals surface area contributed by atoms with Crippen molar-refractivity contribution in [1.29, 1.82) is 0 Å². The van der Waals surface area contributed by atoms with Gasteiger partial charge in [0.15, 0.2) is 0 Å². The van der Waals surface area contributed by atoms with Crippen LogP contribution in [0.1, 0.15) is 0 Å². The lowest BCUT2D eigenvalue weighted by Crippen LogP contribution is -2.13. The van der Waals surface area contributed by atoms with Crippen LogP contribution in [0.15, 0.2) is 41.3 Å². The van der Waals surface area contributed by atoms with Crippen molar-refractivity contribution in [3.05, 3.63) is 40.7 Å². The van der Waals surface area contributed by atoms with Crippen molar-refractivity contribution in [3.8, 4) is 10.4 Å². The zero-order valence-electron chi connectivity index (χ0n) is 8.05. The molecule has 0 aliphatic carbocycles. The second-order valence-corrected chi connectivity index (χ2v) is 6.39. The van der Waals surface area contributed by atoms with Crippen molar-refractivity contribution < 1.29 is 8.42 Å². The largest absolute Gasteiger partial charge is 0.238 e. The normalized spacial score (nSPS) is 11.6. The Morgan fingerprint density at radius 3 is 2.38 bits per heavy atom. The number of benzene rings is 1. The van der Waals surface area contributed by atoms with E-state index in [1.807, 2.05) is 0 Å². The SMILES string of the molecule is NS(=O)(=O)c1ccccc1-c1ccc(Cl)s1. The standard InChI is InChI=1S/C10H8ClNO2S2/c11-10-6-5-8(15-10)7-3-1-2-4-9(7)16(12,13)14/h1-6H,(H2,12,13,14). The van der Waals surface area contributed by atoms with Crippen LogP contribution in [0.25, 0.3) is 10.4 Å². The summed E-state index contributed by atoms with van der Waals surface area (Å²) in [6.45, 7) is 0. The quantitative estimate of drug-likeness (QED) is 0.914. The fraction of sp³-hybridized carbons (Fsp3) is 0. The van der Waals surface area contributed by atoms with Crippen LogP contribution in [0, 0.1) is 0 Å². The van der Waals surface area contributed by atoms with Crippen LogP contribution < -0.4 is 5.14 Å². The summed E-state index contributed by atoms with van der Waals surface area (Å²) < 4.78 is 23.4. The molecule has 0 bridgehead atoms. The van der Waals surface area contributed by atoms with E-state index in [-0.39, 0.29) is 4.90 Å². The van der Waals surface area contributed by atoms with Gasteiger partial charge in [0.25, 0.3) is 0 Å². The molecule has 3 nitrogen and oxygen atoms in total. The molecule has 0 spiro atoms. The zero-order valence-corrected chi connectivity index (χ0v) is 10.4. The molecule has 0 aliphatic rings. The number of hydrogen-bond donors (Lipinski definition) is 1. The maximum atomic E-state index is 11.4. The van der Waals surface area contributed by atoms with Crippen LogP contribution in [-0.2, 0) is 10.0 Å². The van der Waals surface area contributed by atoms with Gasteiger partial charge < -0.3 is 0 Å². The van der Waals surface area contributed by atoms with Gasteiger partial charge >= 0.3 is 0 Å². The molecule has 0 saturated carbocycles. The predicted octanol–water partition coefficient (Wildman–Crippen LogP) is 2.72. The molecular weight excluding hydrogens is 266 g/mol. The smallest absolute Gasteiger partial charge is 0.225 e. The second kappa shape index (κ2) is 4.18. The molecule has 2 aromatic rings. The highest BCUT2D eigenvalue weighted by Gasteiger charge is 2.15. The molecule has 1 aromatic carbocycles. The Hall–Kier alpha value is -0.880. The minimum atomic E-state index is -3.71. The Balaban J connectivity index is 2.66. The zero-order chi connectivity index (χ0) is 11.8. The third-order valence-corrected chi connectivity index (χ3v) is 4.27. The number of sulfonamides is 1. The van der Waals surface area contributed by atoms with Crippen molar-refractivity contribution in [2.24, 2.45) is 5.14 Å². The summed E-state index contributed by atoms with van der Waals surface area (Å²) in [5.41, 5.74) is 0.585. The highest BCUT2D eigenvalue weighted by molar-refractivity contribution is 7.89. The molecule has 0 atom stereocenters. The lowest BCUT2D eigenvalue weighted by atomic mass is 10.2. The molecule has 84 valence electrons. The molecule has 2 rings (SSSR count). The average molecular weight is 274 g/mol. The Bertz CT molecular complexity index is 619. The van der Waals surface area contributed by atoms with E-state index in [0.29, 0.717) is 9.90 Å². The molecule has 0 unspecified atom stereocenters. The molecule has 6 heteroatoms. The molecule has 0 fully saturated rings. The molecular formula is C10H8ClNO2S2. The van der Waals surface area contributed by atoms with Gasteiger partial charge in [0, 0.05) is 10.4 Å². The van der Waals surface area contributed by atoms with E-state index in [0.717, 1.165) is 4.88 Å². The van der Waals surface area contributed by atoms with Crippen LogP contribution in [-0.4, -0.2) is 8.42 Å². The second-order valence-electron chi connectivity index (χ2n) is 3.14. The van der Waals surface area contributed by atoms with Gasteiger partial charge in [0.05, 0.1) is 9.23 Å². The predicted molar refractivity (Wildman–Crippen MR) is 66.1 cm³/mol. The highest BCUT2D eigenvalue weighted by atomic mass is 35.5. The molecule has 1 heterocycles. The number of primary sulfonamides is 1. The monoisotopic (exact) mass is 273 g/mol. The summed E-state index contributed by atoms with van der Waals surface area (Å²) in [7, 11) is -3.71. The van der Waals surface area contributed by atoms with Crippen molar-refractivity contribution in [2.45, 2.75) is 4.90 Å². The first-order valence-electron chi connectivity index (χ1n) is 4.36. The van der Waals surface area contributed by atoms with E-state index in [9.17, 15) is 8.42 Å². The van der Waals surface area contributed by atoms with Crippen LogP contribution in [0.3, 0.4) is 0 Å². The van der Waals surface area contributed by atoms with Gasteiger partial charge in [0.1, 0.15) is 0 Å². The first-order chi connectivity index (χ1) is 7.48. The van der Waals surface area contributed by atoms with E-state index in [1.54, 1.807) is 30.3 Å². The number of nitrogens with two attached hydrogens (primary N) is 1. The summed E-state index contributed by atoms with van der Waals surface area (Å²) in [4.78, 5) is 0.906. The Kier molecular flexibility index (Phi) is 3.03. The lowest BCUT2D eigenvalue weighted by molar-refractivity contribution is 0.598. The number of hydrogen-bond acceptors (Lipinski definition) is 3. The van der Waals surface area contributed by atoms with Gasteiger partial charge in [-0.2, -0.15) is 0 Å². The summed E-state index contributed by atoms with van der Waals surface area (Å²) in [5, 5.41) is 5.15. The molecule has 2 N–H and O–H groups in total. The maximum absolute atomic E-state index is 11.4. The van der Waals surface area contributed by atoms with Crippen LogP contribution in [0.5, 0.6) is 0 Å². The first-order valence-corrected chi connectivity index (χ1v) is 7.10. The third-order valence-electron chi connectivity index (χ3n) is 2.03. The van der Waals surface area contributed by atoms with Crippen LogP contribution in [0.2, 0.25) is 4.34 Å². The van der Waals surface area contributed by atoms with Crippen molar-refractivity contribution in [1.82, 2.24) is 0 Å². The van der Waals surface area contributed by atoms with E-state index < -0.39 is 10.0 Å². The van der Waals surface area contributed by atoms with Crippen LogP contribution in [0.4, 0.5) is 0 Å². The average Bonchev–Trinajstić information content (AvgIpc) is 2.64. The van der Waals surface area contributed by atoms with Gasteiger partial charge in [0.2, 0.25) is 10.0 Å². The summed E-state index contributed by atoms with van der Waals surface area (Å²) >= 11 is 7.13. The number of halogens is 1. The van der Waals surface area contributed by atoms with Gasteiger partial charge in [-0.05, 0) is 18.2 Å². The lowest BCUT2D eigenvalue weighted by Gasteiger charge is -2.04. The van der Waals surface area contributed by atoms with E-state index >= 15 is 0 Å². The van der Waals surface area contributed by atoms with Gasteiger partial charge in [-0.15, -0.1) is 11.3 Å². The summed E-state index contributed by atoms with van der Waals surface area (Å²) in [6.07, 6.45) is 0. The third kappa shape index (κ3) is 2.27. The fourth-order valence-electron chi connectivity index (χ4n) is 1.38. The molecule has 0 radical (unpaired) electrons. The van der Waals surface area contributed by atoms with Crippen molar-refractivity contribution in [3.63, 3.8) is 0 Å². The Labute approximate surface area is 103 Å². The first kappa shape index (κ1) is 11.6. The Morgan fingerprint density at radius 2 is 1.81 bits per heavy atom. The fourth-order valence-corrected chi connectivity index (χ4v) is 3.28. The molecule has 16 heavy (non-hydrogen) atoms.